The standard InChI is InChI=1S/C15H17N5O/c1-9(6-16)13-14-15(20(8-18-14)7-12(17)21)10-4-2-3-5-11(10)19-13/h2-5,8-9H,6-7,16H2,1H3,(H2,17,21). The van der Waals surface area contributed by atoms with Crippen LogP contribution < -0.4 is 11.5 Å². The van der Waals surface area contributed by atoms with Crippen molar-refractivity contribution in [3.8, 4) is 0 Å². The fourth-order valence-electron chi connectivity index (χ4n) is 2.55. The maximum Gasteiger partial charge on any atom is 0.237 e. The second kappa shape index (κ2) is 5.14. The molecule has 0 fully saturated rings. The van der Waals surface area contributed by atoms with Gasteiger partial charge in [-0.15, -0.1) is 0 Å². The lowest BCUT2D eigenvalue weighted by Crippen LogP contribution is -2.18. The molecular formula is C15H17N5O. The Morgan fingerprint density at radius 3 is 2.86 bits per heavy atom. The Kier molecular flexibility index (Phi) is 3.31. The van der Waals surface area contributed by atoms with Crippen LogP contribution >= 0.6 is 0 Å². The second-order valence-electron chi connectivity index (χ2n) is 5.19. The number of benzene rings is 1. The maximum absolute atomic E-state index is 11.3. The maximum atomic E-state index is 11.3. The fourth-order valence-corrected chi connectivity index (χ4v) is 2.55. The third-order valence-electron chi connectivity index (χ3n) is 3.63. The predicted octanol–water partition coefficient (Wildman–Crippen LogP) is 1.13. The van der Waals surface area contributed by atoms with Crippen molar-refractivity contribution in [3.05, 3.63) is 36.3 Å². The van der Waals surface area contributed by atoms with E-state index in [2.05, 4.69) is 4.98 Å². The van der Waals surface area contributed by atoms with Gasteiger partial charge in [-0.2, -0.15) is 0 Å². The average molecular weight is 283 g/mol. The van der Waals surface area contributed by atoms with Gasteiger partial charge in [-0.05, 0) is 6.07 Å². The molecule has 108 valence electrons. The Morgan fingerprint density at radius 1 is 1.38 bits per heavy atom. The Morgan fingerprint density at radius 2 is 2.14 bits per heavy atom. The van der Waals surface area contributed by atoms with E-state index >= 15 is 0 Å². The van der Waals surface area contributed by atoms with Gasteiger partial charge in [-0.25, -0.2) is 4.98 Å². The lowest BCUT2D eigenvalue weighted by molar-refractivity contribution is -0.118. The number of hydrogen-bond acceptors (Lipinski definition) is 4. The minimum Gasteiger partial charge on any atom is -0.368 e. The molecule has 0 saturated carbocycles. The number of nitrogens with zero attached hydrogens (tertiary/aromatic N) is 3. The molecule has 21 heavy (non-hydrogen) atoms. The smallest absolute Gasteiger partial charge is 0.237 e. The van der Waals surface area contributed by atoms with E-state index in [4.69, 9.17) is 16.5 Å². The van der Waals surface area contributed by atoms with Crippen molar-refractivity contribution < 1.29 is 4.79 Å². The highest BCUT2D eigenvalue weighted by atomic mass is 16.1. The van der Waals surface area contributed by atoms with Gasteiger partial charge >= 0.3 is 0 Å². The number of hydrogen-bond donors (Lipinski definition) is 2. The first kappa shape index (κ1) is 13.5. The lowest BCUT2D eigenvalue weighted by Gasteiger charge is -2.12. The molecule has 0 aliphatic carbocycles. The molecule has 0 saturated heterocycles. The van der Waals surface area contributed by atoms with Gasteiger partial charge in [0.05, 0.1) is 23.1 Å². The van der Waals surface area contributed by atoms with E-state index in [1.54, 1.807) is 10.9 Å². The zero-order valence-corrected chi connectivity index (χ0v) is 11.8. The van der Waals surface area contributed by atoms with Gasteiger partial charge in [0.2, 0.25) is 5.91 Å². The van der Waals surface area contributed by atoms with Crippen molar-refractivity contribution in [1.82, 2.24) is 14.5 Å². The van der Waals surface area contributed by atoms with Gasteiger partial charge in [0.15, 0.2) is 0 Å². The number of primary amides is 1. The third-order valence-corrected chi connectivity index (χ3v) is 3.63. The predicted molar refractivity (Wildman–Crippen MR) is 81.7 cm³/mol. The van der Waals surface area contributed by atoms with Crippen LogP contribution in [0.2, 0.25) is 0 Å². The van der Waals surface area contributed by atoms with Crippen molar-refractivity contribution in [1.29, 1.82) is 0 Å². The minimum atomic E-state index is -0.399. The number of carbonyl (C=O) groups is 1. The number of carbonyl (C=O) groups excluding carboxylic acids is 1. The number of pyridine rings is 1. The molecule has 2 aromatic heterocycles. The molecule has 4 N–H and O–H groups in total. The van der Waals surface area contributed by atoms with E-state index < -0.39 is 5.91 Å². The monoisotopic (exact) mass is 283 g/mol. The summed E-state index contributed by atoms with van der Waals surface area (Å²) in [5, 5.41) is 0.958. The highest BCUT2D eigenvalue weighted by molar-refractivity contribution is 6.03. The molecule has 3 aromatic rings. The molecule has 1 atom stereocenters. The number of para-hydroxylation sites is 1. The summed E-state index contributed by atoms with van der Waals surface area (Å²) in [6, 6.07) is 7.80. The molecule has 1 unspecified atom stereocenters. The van der Waals surface area contributed by atoms with E-state index in [0.29, 0.717) is 6.54 Å². The summed E-state index contributed by atoms with van der Waals surface area (Å²) >= 11 is 0. The van der Waals surface area contributed by atoms with Crippen molar-refractivity contribution in [2.75, 3.05) is 6.54 Å². The molecule has 2 heterocycles. The van der Waals surface area contributed by atoms with Crippen LogP contribution in [-0.2, 0) is 11.3 Å². The van der Waals surface area contributed by atoms with Crippen LogP contribution in [0.15, 0.2) is 30.6 Å². The summed E-state index contributed by atoms with van der Waals surface area (Å²) in [5.74, 6) is -0.308. The van der Waals surface area contributed by atoms with E-state index in [-0.39, 0.29) is 12.5 Å². The minimum absolute atomic E-state index is 0.0917. The highest BCUT2D eigenvalue weighted by Crippen LogP contribution is 2.29. The second-order valence-corrected chi connectivity index (χ2v) is 5.19. The van der Waals surface area contributed by atoms with E-state index in [9.17, 15) is 4.79 Å². The molecule has 0 spiro atoms. The SMILES string of the molecule is CC(CN)c1nc2ccccc2c2c1ncn2CC(N)=O. The average Bonchev–Trinajstić information content (AvgIpc) is 2.89. The molecule has 0 bridgehead atoms. The zero-order valence-electron chi connectivity index (χ0n) is 11.8. The molecule has 6 heteroatoms. The van der Waals surface area contributed by atoms with E-state index in [0.717, 1.165) is 27.6 Å². The first-order chi connectivity index (χ1) is 10.1. The van der Waals surface area contributed by atoms with Crippen molar-refractivity contribution in [2.24, 2.45) is 11.5 Å². The number of imidazole rings is 1. The van der Waals surface area contributed by atoms with Gasteiger partial charge in [-0.1, -0.05) is 25.1 Å². The van der Waals surface area contributed by atoms with Crippen molar-refractivity contribution >= 4 is 27.8 Å². The van der Waals surface area contributed by atoms with E-state index in [1.165, 1.54) is 0 Å². The van der Waals surface area contributed by atoms with Gasteiger partial charge in [-0.3, -0.25) is 9.78 Å². The Hall–Kier alpha value is -2.47. The molecule has 3 rings (SSSR count). The lowest BCUT2D eigenvalue weighted by atomic mass is 10.0. The van der Waals surface area contributed by atoms with Crippen LogP contribution in [0.3, 0.4) is 0 Å². The summed E-state index contributed by atoms with van der Waals surface area (Å²) < 4.78 is 1.77. The van der Waals surface area contributed by atoms with Crippen LogP contribution in [0.4, 0.5) is 0 Å². The Bertz CT molecular complexity index is 823. The molecule has 1 amide bonds. The molecule has 6 nitrogen and oxygen atoms in total. The fraction of sp³-hybridized carbons (Fsp3) is 0.267. The molecule has 1 aromatic carbocycles. The van der Waals surface area contributed by atoms with Gasteiger partial charge in [0, 0.05) is 17.8 Å². The van der Waals surface area contributed by atoms with Gasteiger partial charge in [0.1, 0.15) is 12.1 Å². The quantitative estimate of drug-likeness (QED) is 0.749. The third kappa shape index (κ3) is 2.23. The molecule has 0 radical (unpaired) electrons. The normalized spacial score (nSPS) is 12.9. The summed E-state index contributed by atoms with van der Waals surface area (Å²) in [4.78, 5) is 20.4. The number of fused-ring (bicyclic) bond motifs is 3. The van der Waals surface area contributed by atoms with Crippen molar-refractivity contribution in [3.63, 3.8) is 0 Å². The summed E-state index contributed by atoms with van der Waals surface area (Å²) in [6.07, 6.45) is 1.64. The first-order valence-corrected chi connectivity index (χ1v) is 6.83. The summed E-state index contributed by atoms with van der Waals surface area (Å²) in [6.45, 7) is 2.60. The van der Waals surface area contributed by atoms with E-state index in [1.807, 2.05) is 31.2 Å². The summed E-state index contributed by atoms with van der Waals surface area (Å²) in [7, 11) is 0. The van der Waals surface area contributed by atoms with Crippen LogP contribution in [-0.4, -0.2) is 27.0 Å². The van der Waals surface area contributed by atoms with Crippen LogP contribution in [0, 0.1) is 0 Å². The van der Waals surface area contributed by atoms with Crippen LogP contribution in [0.1, 0.15) is 18.5 Å². The number of rotatable bonds is 4. The first-order valence-electron chi connectivity index (χ1n) is 6.83. The Balaban J connectivity index is 2.38. The number of nitrogens with two attached hydrogens (primary N) is 2. The largest absolute Gasteiger partial charge is 0.368 e. The Labute approximate surface area is 121 Å². The molecular weight excluding hydrogens is 266 g/mol. The summed E-state index contributed by atoms with van der Waals surface area (Å²) in [5.41, 5.74) is 14.5. The molecule has 0 aliphatic rings. The molecule has 0 aliphatic heterocycles. The van der Waals surface area contributed by atoms with Gasteiger partial charge < -0.3 is 16.0 Å². The highest BCUT2D eigenvalue weighted by Gasteiger charge is 2.17. The number of amides is 1. The van der Waals surface area contributed by atoms with Gasteiger partial charge in [0.25, 0.3) is 0 Å². The number of aromatic nitrogens is 3. The van der Waals surface area contributed by atoms with Crippen LogP contribution in [0.5, 0.6) is 0 Å². The topological polar surface area (TPSA) is 99.8 Å². The van der Waals surface area contributed by atoms with Crippen molar-refractivity contribution in [2.45, 2.75) is 19.4 Å². The van der Waals surface area contributed by atoms with Crippen LogP contribution in [0.25, 0.3) is 21.9 Å². The zero-order chi connectivity index (χ0) is 15.0.